The Labute approximate surface area is 170 Å². The first-order chi connectivity index (χ1) is 14.2. The molecule has 7 heteroatoms. The summed E-state index contributed by atoms with van der Waals surface area (Å²) in [6, 6.07) is 10.0. The monoisotopic (exact) mass is 390 g/mol. The summed E-state index contributed by atoms with van der Waals surface area (Å²) in [6.07, 6.45) is 3.51. The molecule has 1 fully saturated rings. The molecule has 29 heavy (non-hydrogen) atoms. The summed E-state index contributed by atoms with van der Waals surface area (Å²) in [5, 5.41) is 3.27. The summed E-state index contributed by atoms with van der Waals surface area (Å²) in [5.74, 6) is 7.33. The van der Waals surface area contributed by atoms with Crippen molar-refractivity contribution in [2.45, 2.75) is 39.3 Å². The second kappa shape index (κ2) is 8.39. The lowest BCUT2D eigenvalue weighted by molar-refractivity contribution is 0.561. The van der Waals surface area contributed by atoms with Gasteiger partial charge in [-0.05, 0) is 31.7 Å². The molecule has 1 saturated heterocycles. The van der Waals surface area contributed by atoms with Crippen molar-refractivity contribution >= 4 is 23.1 Å². The Balaban J connectivity index is 1.76. The molecule has 150 valence electrons. The molecule has 0 radical (unpaired) electrons. The first-order valence-corrected chi connectivity index (χ1v) is 10.1. The molecule has 7 nitrogen and oxygen atoms in total. The van der Waals surface area contributed by atoms with Crippen molar-refractivity contribution in [3.63, 3.8) is 0 Å². The molecule has 0 amide bonds. The molecule has 0 spiro atoms. The third-order valence-electron chi connectivity index (χ3n) is 5.31. The van der Waals surface area contributed by atoms with Gasteiger partial charge < -0.3 is 10.2 Å². The van der Waals surface area contributed by atoms with E-state index < -0.39 is 0 Å². The predicted molar refractivity (Wildman–Crippen MR) is 116 cm³/mol. The predicted octanol–water partition coefficient (Wildman–Crippen LogP) is 2.76. The average molecular weight is 390 g/mol. The number of anilines is 2. The maximum absolute atomic E-state index is 13.2. The van der Waals surface area contributed by atoms with E-state index in [2.05, 4.69) is 27.0 Å². The van der Waals surface area contributed by atoms with Gasteiger partial charge in [0.05, 0.1) is 6.54 Å². The van der Waals surface area contributed by atoms with Gasteiger partial charge in [-0.25, -0.2) is 0 Å². The van der Waals surface area contributed by atoms with E-state index in [0.29, 0.717) is 30.2 Å². The Morgan fingerprint density at radius 3 is 2.59 bits per heavy atom. The highest BCUT2D eigenvalue weighted by Crippen LogP contribution is 2.23. The van der Waals surface area contributed by atoms with Gasteiger partial charge in [-0.1, -0.05) is 36.3 Å². The molecule has 0 unspecified atom stereocenters. The minimum absolute atomic E-state index is 0.112. The number of benzene rings is 1. The molecule has 0 aliphatic carbocycles. The zero-order chi connectivity index (χ0) is 20.2. The molecule has 3 aromatic rings. The third-order valence-corrected chi connectivity index (χ3v) is 5.31. The molecule has 1 aliphatic rings. The van der Waals surface area contributed by atoms with E-state index in [4.69, 9.17) is 4.98 Å². The standard InChI is InChI=1S/C22H26N6O/c1-3-4-15-28-18-19(25-22(28)27-13-9-6-10-14-27)24-21(26(2)20(18)29)23-16-17-11-7-5-8-12-17/h5,7-8,11-12H,6,9-10,13-16H2,1-2H3,(H,23,24). The Morgan fingerprint density at radius 2 is 1.86 bits per heavy atom. The van der Waals surface area contributed by atoms with Gasteiger partial charge in [-0.15, -0.1) is 5.92 Å². The number of aromatic nitrogens is 4. The van der Waals surface area contributed by atoms with Gasteiger partial charge in [-0.2, -0.15) is 9.97 Å². The van der Waals surface area contributed by atoms with Crippen LogP contribution in [0.3, 0.4) is 0 Å². The Bertz CT molecular complexity index is 1110. The highest BCUT2D eigenvalue weighted by Gasteiger charge is 2.22. The number of imidazole rings is 1. The van der Waals surface area contributed by atoms with Gasteiger partial charge in [0.1, 0.15) is 0 Å². The number of nitrogens with zero attached hydrogens (tertiary/aromatic N) is 5. The van der Waals surface area contributed by atoms with Crippen LogP contribution in [0.5, 0.6) is 0 Å². The third kappa shape index (κ3) is 3.83. The zero-order valence-electron chi connectivity index (χ0n) is 17.0. The normalized spacial score (nSPS) is 13.9. The molecule has 2 aromatic heterocycles. The topological polar surface area (TPSA) is 68.0 Å². The molecule has 3 heterocycles. The van der Waals surface area contributed by atoms with E-state index in [1.54, 1.807) is 11.6 Å². The first-order valence-electron chi connectivity index (χ1n) is 10.1. The molecule has 0 atom stereocenters. The van der Waals surface area contributed by atoms with Crippen LogP contribution in [0, 0.1) is 11.8 Å². The fraction of sp³-hybridized carbons (Fsp3) is 0.409. The smallest absolute Gasteiger partial charge is 0.281 e. The summed E-state index contributed by atoms with van der Waals surface area (Å²) in [4.78, 5) is 24.9. The minimum Gasteiger partial charge on any atom is -0.351 e. The minimum atomic E-state index is -0.112. The lowest BCUT2D eigenvalue weighted by atomic mass is 10.1. The van der Waals surface area contributed by atoms with E-state index in [1.807, 2.05) is 41.8 Å². The van der Waals surface area contributed by atoms with Crippen molar-refractivity contribution in [3.05, 3.63) is 46.2 Å². The summed E-state index contributed by atoms with van der Waals surface area (Å²) >= 11 is 0. The maximum atomic E-state index is 13.2. The van der Waals surface area contributed by atoms with Crippen molar-refractivity contribution in [2.75, 3.05) is 23.3 Å². The number of fused-ring (bicyclic) bond motifs is 1. The van der Waals surface area contributed by atoms with Crippen molar-refractivity contribution < 1.29 is 0 Å². The van der Waals surface area contributed by atoms with E-state index in [0.717, 1.165) is 37.4 Å². The summed E-state index contributed by atoms with van der Waals surface area (Å²) < 4.78 is 3.48. The lowest BCUT2D eigenvalue weighted by Gasteiger charge is -2.27. The Hall–Kier alpha value is -3.27. The fourth-order valence-electron chi connectivity index (χ4n) is 3.73. The van der Waals surface area contributed by atoms with Crippen LogP contribution in [-0.2, 0) is 20.1 Å². The van der Waals surface area contributed by atoms with Crippen LogP contribution in [0.25, 0.3) is 11.2 Å². The Kier molecular flexibility index (Phi) is 5.52. The molecule has 1 N–H and O–H groups in total. The quantitative estimate of drug-likeness (QED) is 0.679. The largest absolute Gasteiger partial charge is 0.351 e. The number of hydrogen-bond donors (Lipinski definition) is 1. The van der Waals surface area contributed by atoms with Crippen LogP contribution in [0.15, 0.2) is 35.1 Å². The van der Waals surface area contributed by atoms with Crippen molar-refractivity contribution in [1.82, 2.24) is 19.1 Å². The number of nitrogens with one attached hydrogen (secondary N) is 1. The van der Waals surface area contributed by atoms with Gasteiger partial charge >= 0.3 is 0 Å². The van der Waals surface area contributed by atoms with Gasteiger partial charge in [-0.3, -0.25) is 13.9 Å². The second-order valence-corrected chi connectivity index (χ2v) is 7.28. The van der Waals surface area contributed by atoms with E-state index in [-0.39, 0.29) is 5.56 Å². The SMILES string of the molecule is CC#CCn1c(N2CCCCC2)nc2nc(NCc3ccccc3)n(C)c(=O)c21. The molecule has 0 saturated carbocycles. The van der Waals surface area contributed by atoms with Crippen molar-refractivity contribution in [2.24, 2.45) is 7.05 Å². The highest BCUT2D eigenvalue weighted by molar-refractivity contribution is 5.75. The van der Waals surface area contributed by atoms with E-state index >= 15 is 0 Å². The molecule has 1 aliphatic heterocycles. The van der Waals surface area contributed by atoms with E-state index in [1.165, 1.54) is 6.42 Å². The number of hydrogen-bond acceptors (Lipinski definition) is 5. The van der Waals surface area contributed by atoms with E-state index in [9.17, 15) is 4.79 Å². The lowest BCUT2D eigenvalue weighted by Crippen LogP contribution is -2.32. The molecule has 1 aromatic carbocycles. The average Bonchev–Trinajstić information content (AvgIpc) is 3.13. The van der Waals surface area contributed by atoms with Crippen LogP contribution in [-0.4, -0.2) is 32.2 Å². The summed E-state index contributed by atoms with van der Waals surface area (Å²) in [6.45, 7) is 4.73. The molecular weight excluding hydrogens is 364 g/mol. The molecular formula is C22H26N6O. The molecule has 0 bridgehead atoms. The summed E-state index contributed by atoms with van der Waals surface area (Å²) in [7, 11) is 1.74. The van der Waals surface area contributed by atoms with Crippen molar-refractivity contribution in [1.29, 1.82) is 0 Å². The van der Waals surface area contributed by atoms with Gasteiger partial charge in [0.25, 0.3) is 5.56 Å². The van der Waals surface area contributed by atoms with Crippen molar-refractivity contribution in [3.8, 4) is 11.8 Å². The van der Waals surface area contributed by atoms with Gasteiger partial charge in [0, 0.05) is 26.7 Å². The zero-order valence-corrected chi connectivity index (χ0v) is 17.0. The fourth-order valence-corrected chi connectivity index (χ4v) is 3.73. The second-order valence-electron chi connectivity index (χ2n) is 7.28. The molecule has 4 rings (SSSR count). The Morgan fingerprint density at radius 1 is 1.10 bits per heavy atom. The van der Waals surface area contributed by atoms with Crippen LogP contribution in [0.2, 0.25) is 0 Å². The van der Waals surface area contributed by atoms with Crippen LogP contribution >= 0.6 is 0 Å². The number of piperidine rings is 1. The summed E-state index contributed by atoms with van der Waals surface area (Å²) in [5.41, 5.74) is 2.00. The maximum Gasteiger partial charge on any atom is 0.281 e. The first kappa shape index (κ1) is 19.1. The van der Waals surface area contributed by atoms with Gasteiger partial charge in [0.2, 0.25) is 11.9 Å². The number of rotatable bonds is 5. The van der Waals surface area contributed by atoms with Crippen LogP contribution in [0.4, 0.5) is 11.9 Å². The van der Waals surface area contributed by atoms with Gasteiger partial charge in [0.15, 0.2) is 11.2 Å². The highest BCUT2D eigenvalue weighted by atomic mass is 16.1. The van der Waals surface area contributed by atoms with Crippen LogP contribution in [0.1, 0.15) is 31.7 Å². The van der Waals surface area contributed by atoms with Crippen LogP contribution < -0.4 is 15.8 Å².